The van der Waals surface area contributed by atoms with E-state index >= 15 is 0 Å². The molecule has 5 heteroatoms. The molecule has 1 saturated heterocycles. The van der Waals surface area contributed by atoms with Crippen LogP contribution in [0.2, 0.25) is 0 Å². The molecule has 1 fully saturated rings. The molecule has 5 nitrogen and oxygen atoms in total. The second kappa shape index (κ2) is 2.61. The van der Waals surface area contributed by atoms with E-state index in [0.717, 1.165) is 5.06 Å². The van der Waals surface area contributed by atoms with E-state index in [1.807, 2.05) is 0 Å². The van der Waals surface area contributed by atoms with Gasteiger partial charge in [-0.15, -0.1) is 5.06 Å². The van der Waals surface area contributed by atoms with Gasteiger partial charge in [-0.2, -0.15) is 0 Å². The highest BCUT2D eigenvalue weighted by Gasteiger charge is 2.27. The average molecular weight is 156 g/mol. The summed E-state index contributed by atoms with van der Waals surface area (Å²) in [5.41, 5.74) is 5.17. The fourth-order valence-corrected chi connectivity index (χ4v) is 0.836. The van der Waals surface area contributed by atoms with Gasteiger partial charge in [0.05, 0.1) is 5.70 Å². The second-order valence-electron chi connectivity index (χ2n) is 2.16. The van der Waals surface area contributed by atoms with Crippen molar-refractivity contribution in [3.63, 3.8) is 0 Å². The molecule has 1 heterocycles. The molecule has 0 saturated carbocycles. The molecule has 0 spiro atoms. The van der Waals surface area contributed by atoms with Crippen LogP contribution in [-0.2, 0) is 9.63 Å². The molecule has 2 N–H and O–H groups in total. The first kappa shape index (κ1) is 7.59. The summed E-state index contributed by atoms with van der Waals surface area (Å²) in [6.45, 7) is 3.51. The number of hydroxylamine groups is 2. The molecule has 0 radical (unpaired) electrons. The molecular weight excluding hydrogens is 148 g/mol. The second-order valence-corrected chi connectivity index (χ2v) is 2.16. The Bertz CT molecular complexity index is 208. The molecule has 0 aromatic rings. The molecule has 1 aliphatic rings. The average Bonchev–Trinajstić information content (AvgIpc) is 2.18. The number of nitrogens with zero attached hydrogens (tertiary/aromatic N) is 1. The Labute approximate surface area is 63.4 Å². The molecule has 0 bridgehead atoms. The first-order chi connectivity index (χ1) is 5.11. The van der Waals surface area contributed by atoms with Crippen LogP contribution in [0.1, 0.15) is 12.8 Å². The number of rotatable bonds is 1. The first-order valence-electron chi connectivity index (χ1n) is 3.09. The Kier molecular flexibility index (Phi) is 1.80. The summed E-state index contributed by atoms with van der Waals surface area (Å²) in [7, 11) is 0. The van der Waals surface area contributed by atoms with Gasteiger partial charge in [-0.1, -0.05) is 6.58 Å². The van der Waals surface area contributed by atoms with Gasteiger partial charge in [0.2, 0.25) is 0 Å². The van der Waals surface area contributed by atoms with E-state index < -0.39 is 6.09 Å². The van der Waals surface area contributed by atoms with E-state index in [1.165, 1.54) is 0 Å². The number of amides is 2. The van der Waals surface area contributed by atoms with Crippen LogP contribution >= 0.6 is 0 Å². The summed E-state index contributed by atoms with van der Waals surface area (Å²) in [5, 5.41) is 0.836. The summed E-state index contributed by atoms with van der Waals surface area (Å²) < 4.78 is 0. The van der Waals surface area contributed by atoms with Crippen molar-refractivity contribution in [1.29, 1.82) is 0 Å². The van der Waals surface area contributed by atoms with Gasteiger partial charge in [-0.05, 0) is 6.42 Å². The van der Waals surface area contributed by atoms with E-state index in [1.54, 1.807) is 0 Å². The van der Waals surface area contributed by atoms with E-state index in [-0.39, 0.29) is 5.91 Å². The van der Waals surface area contributed by atoms with Crippen LogP contribution in [0.5, 0.6) is 0 Å². The number of carbonyl (C=O) groups excluding carboxylic acids is 2. The van der Waals surface area contributed by atoms with Gasteiger partial charge in [-0.3, -0.25) is 4.79 Å². The van der Waals surface area contributed by atoms with Gasteiger partial charge < -0.3 is 10.6 Å². The Morgan fingerprint density at radius 1 is 1.64 bits per heavy atom. The minimum Gasteiger partial charge on any atom is -0.333 e. The molecule has 1 aliphatic heterocycles. The lowest BCUT2D eigenvalue weighted by molar-refractivity contribution is -0.151. The topological polar surface area (TPSA) is 72.6 Å². The molecule has 0 aliphatic carbocycles. The van der Waals surface area contributed by atoms with Crippen LogP contribution < -0.4 is 5.73 Å². The first-order valence-corrected chi connectivity index (χ1v) is 3.09. The molecule has 0 atom stereocenters. The van der Waals surface area contributed by atoms with Crippen molar-refractivity contribution in [2.24, 2.45) is 5.73 Å². The number of hydrogen-bond acceptors (Lipinski definition) is 3. The van der Waals surface area contributed by atoms with Crippen LogP contribution in [0, 0.1) is 0 Å². The zero-order chi connectivity index (χ0) is 8.43. The van der Waals surface area contributed by atoms with Crippen LogP contribution in [0.25, 0.3) is 0 Å². The van der Waals surface area contributed by atoms with Crippen molar-refractivity contribution in [3.05, 3.63) is 12.3 Å². The van der Waals surface area contributed by atoms with Gasteiger partial charge in [0.1, 0.15) is 0 Å². The van der Waals surface area contributed by atoms with E-state index in [0.29, 0.717) is 18.5 Å². The monoisotopic (exact) mass is 156 g/mol. The molecule has 0 unspecified atom stereocenters. The third kappa shape index (κ3) is 1.49. The fourth-order valence-electron chi connectivity index (χ4n) is 0.836. The number of allylic oxidation sites excluding steroid dienone is 1. The smallest absolute Gasteiger partial charge is 0.333 e. The van der Waals surface area contributed by atoms with Gasteiger partial charge in [0.15, 0.2) is 0 Å². The number of nitrogens with two attached hydrogens (primary N) is 1. The Morgan fingerprint density at radius 3 is 2.64 bits per heavy atom. The summed E-state index contributed by atoms with van der Waals surface area (Å²) in [6, 6.07) is 0. The number of hydrogen-bond donors (Lipinski definition) is 1. The van der Waals surface area contributed by atoms with Crippen molar-refractivity contribution in [2.75, 3.05) is 0 Å². The predicted molar refractivity (Wildman–Crippen MR) is 35.9 cm³/mol. The minimum absolute atomic E-state index is 0.284. The molecule has 11 heavy (non-hydrogen) atoms. The SMILES string of the molecule is C=C1CCC(=O)N1OC(N)=O. The van der Waals surface area contributed by atoms with Crippen molar-refractivity contribution in [2.45, 2.75) is 12.8 Å². The highest BCUT2D eigenvalue weighted by molar-refractivity contribution is 5.81. The highest BCUT2D eigenvalue weighted by Crippen LogP contribution is 2.20. The van der Waals surface area contributed by atoms with E-state index in [2.05, 4.69) is 11.4 Å². The van der Waals surface area contributed by atoms with Crippen molar-refractivity contribution >= 4 is 12.0 Å². The van der Waals surface area contributed by atoms with Crippen molar-refractivity contribution in [1.82, 2.24) is 5.06 Å². The molecular formula is C6H8N2O3. The maximum absolute atomic E-state index is 10.9. The maximum Gasteiger partial charge on any atom is 0.429 e. The third-order valence-electron chi connectivity index (χ3n) is 1.32. The minimum atomic E-state index is -0.999. The Hall–Kier alpha value is -1.52. The zero-order valence-corrected chi connectivity index (χ0v) is 5.87. The Morgan fingerprint density at radius 2 is 2.27 bits per heavy atom. The summed E-state index contributed by atoms with van der Waals surface area (Å²) >= 11 is 0. The zero-order valence-electron chi connectivity index (χ0n) is 5.87. The number of carbonyl (C=O) groups is 2. The lowest BCUT2D eigenvalue weighted by Crippen LogP contribution is -2.29. The predicted octanol–water partition coefficient (Wildman–Crippen LogP) is 0.133. The van der Waals surface area contributed by atoms with Gasteiger partial charge in [0, 0.05) is 6.42 Å². The van der Waals surface area contributed by atoms with Crippen LogP contribution in [0.3, 0.4) is 0 Å². The molecule has 2 amide bonds. The summed E-state index contributed by atoms with van der Waals surface area (Å²) in [5.74, 6) is -0.284. The van der Waals surface area contributed by atoms with Crippen LogP contribution in [0.15, 0.2) is 12.3 Å². The number of primary amides is 1. The van der Waals surface area contributed by atoms with Gasteiger partial charge in [-0.25, -0.2) is 4.79 Å². The third-order valence-corrected chi connectivity index (χ3v) is 1.32. The summed E-state index contributed by atoms with van der Waals surface area (Å²) in [4.78, 5) is 25.4. The van der Waals surface area contributed by atoms with Crippen molar-refractivity contribution in [3.8, 4) is 0 Å². The molecule has 0 aromatic heterocycles. The van der Waals surface area contributed by atoms with Crippen LogP contribution in [0.4, 0.5) is 4.79 Å². The quantitative estimate of drug-likeness (QED) is 0.586. The van der Waals surface area contributed by atoms with Crippen molar-refractivity contribution < 1.29 is 14.4 Å². The normalized spacial score (nSPS) is 17.3. The van der Waals surface area contributed by atoms with Crippen LogP contribution in [-0.4, -0.2) is 17.1 Å². The molecule has 0 aromatic carbocycles. The Balaban J connectivity index is 2.62. The van der Waals surface area contributed by atoms with Gasteiger partial charge >= 0.3 is 6.09 Å². The van der Waals surface area contributed by atoms with Gasteiger partial charge in [0.25, 0.3) is 5.91 Å². The maximum atomic E-state index is 10.9. The highest BCUT2D eigenvalue weighted by atomic mass is 16.7. The standard InChI is InChI=1S/C6H8N2O3/c1-4-2-3-5(9)8(4)11-6(7)10/h1-3H2,(H2,7,10). The lowest BCUT2D eigenvalue weighted by atomic mass is 10.3. The van der Waals surface area contributed by atoms with E-state index in [4.69, 9.17) is 5.73 Å². The lowest BCUT2D eigenvalue weighted by Gasteiger charge is -2.13. The summed E-state index contributed by atoms with van der Waals surface area (Å²) in [6.07, 6.45) is -0.153. The molecule has 1 rings (SSSR count). The van der Waals surface area contributed by atoms with E-state index in [9.17, 15) is 9.59 Å². The fraction of sp³-hybridized carbons (Fsp3) is 0.333. The molecule has 60 valence electrons. The largest absolute Gasteiger partial charge is 0.429 e.